The van der Waals surface area contributed by atoms with E-state index in [4.69, 9.17) is 4.55 Å². The van der Waals surface area contributed by atoms with Crippen LogP contribution in [0.4, 0.5) is 17.3 Å². The van der Waals surface area contributed by atoms with Gasteiger partial charge in [0, 0.05) is 19.4 Å². The number of aromatic nitrogens is 2. The van der Waals surface area contributed by atoms with Gasteiger partial charge in [-0.3, -0.25) is 4.55 Å². The van der Waals surface area contributed by atoms with Crippen molar-refractivity contribution in [2.45, 2.75) is 19.8 Å². The fraction of sp³-hybridized carbons (Fsp3) is 0.625. The molecule has 5 nitrogen and oxygen atoms in total. The molecule has 0 spiro atoms. The van der Waals surface area contributed by atoms with Gasteiger partial charge in [0.05, 0.1) is 12.1 Å². The van der Waals surface area contributed by atoms with Crippen molar-refractivity contribution in [3.63, 3.8) is 0 Å². The molecule has 11 heteroatoms. The van der Waals surface area contributed by atoms with Crippen molar-refractivity contribution in [1.29, 1.82) is 0 Å². The Morgan fingerprint density at radius 1 is 1.32 bits per heavy atom. The average molecular weight is 307 g/mol. The van der Waals surface area contributed by atoms with E-state index in [1.54, 1.807) is 12.5 Å². The zero-order chi connectivity index (χ0) is 15.5. The zero-order valence-electron chi connectivity index (χ0n) is 10.5. The van der Waals surface area contributed by atoms with Crippen molar-refractivity contribution in [2.75, 3.05) is 5.75 Å². The first-order valence-corrected chi connectivity index (χ1v) is 6.81. The number of imidazole rings is 1. The second-order valence-corrected chi connectivity index (χ2v) is 4.93. The topological polar surface area (TPSA) is 72.2 Å². The third-order valence-corrected chi connectivity index (χ3v) is 2.20. The standard InChI is InChI=1S/C4H6N2.C4H10O3S.BF4/c1-6-3-2-5-4-6;1-2-3-4-8(5,6)7;2-1(3,4)5/h2-4H,1H3;2-4H2,1H3,(H,5,6,7);/q;;-1. The molecule has 0 unspecified atom stereocenters. The smallest absolute Gasteiger partial charge is 0.418 e. The summed E-state index contributed by atoms with van der Waals surface area (Å²) in [4.78, 5) is 3.78. The number of hydrogen-bond donors (Lipinski definition) is 1. The fourth-order valence-electron chi connectivity index (χ4n) is 0.653. The van der Waals surface area contributed by atoms with Crippen LogP contribution in [0.25, 0.3) is 0 Å². The minimum Gasteiger partial charge on any atom is -0.418 e. The summed E-state index contributed by atoms with van der Waals surface area (Å²) in [6.07, 6.45) is 6.72. The summed E-state index contributed by atoms with van der Waals surface area (Å²) in [5, 5.41) is 0. The Morgan fingerprint density at radius 3 is 1.89 bits per heavy atom. The zero-order valence-corrected chi connectivity index (χ0v) is 11.3. The first-order chi connectivity index (χ1) is 8.45. The highest BCUT2D eigenvalue weighted by Crippen LogP contribution is 2.06. The molecule has 0 aliphatic rings. The number of halogens is 4. The molecule has 0 aromatic carbocycles. The minimum absolute atomic E-state index is 0.108. The Balaban J connectivity index is 0. The molecule has 0 aliphatic carbocycles. The number of hydrogen-bond acceptors (Lipinski definition) is 3. The van der Waals surface area contributed by atoms with Crippen LogP contribution in [0.2, 0.25) is 0 Å². The van der Waals surface area contributed by atoms with Crippen LogP contribution in [0, 0.1) is 0 Å². The summed E-state index contributed by atoms with van der Waals surface area (Å²) in [5.41, 5.74) is 0. The highest BCUT2D eigenvalue weighted by Gasteiger charge is 2.20. The van der Waals surface area contributed by atoms with Crippen LogP contribution >= 0.6 is 0 Å². The number of rotatable bonds is 3. The summed E-state index contributed by atoms with van der Waals surface area (Å²) in [6.45, 7) is 1.87. The third kappa shape index (κ3) is 31.6. The molecule has 0 amide bonds. The van der Waals surface area contributed by atoms with E-state index in [1.165, 1.54) is 0 Å². The van der Waals surface area contributed by atoms with Crippen LogP contribution in [-0.4, -0.2) is 35.5 Å². The predicted molar refractivity (Wildman–Crippen MR) is 64.7 cm³/mol. The van der Waals surface area contributed by atoms with Crippen LogP contribution in [0.5, 0.6) is 0 Å². The van der Waals surface area contributed by atoms with Crippen LogP contribution in [0.3, 0.4) is 0 Å². The van der Waals surface area contributed by atoms with Crippen molar-refractivity contribution < 1.29 is 30.2 Å². The summed E-state index contributed by atoms with van der Waals surface area (Å²) < 4.78 is 68.9. The Morgan fingerprint density at radius 2 is 1.79 bits per heavy atom. The van der Waals surface area contributed by atoms with Crippen LogP contribution in [0.1, 0.15) is 19.8 Å². The minimum atomic E-state index is -6.00. The monoisotopic (exact) mass is 307 g/mol. The van der Waals surface area contributed by atoms with E-state index in [0.29, 0.717) is 6.42 Å². The Hall–Kier alpha value is -1.10. The number of nitrogens with zero attached hydrogens (tertiary/aromatic N) is 2. The molecule has 0 aliphatic heterocycles. The highest BCUT2D eigenvalue weighted by atomic mass is 32.2. The molecule has 19 heavy (non-hydrogen) atoms. The van der Waals surface area contributed by atoms with E-state index in [-0.39, 0.29) is 5.75 Å². The van der Waals surface area contributed by atoms with Crippen molar-refractivity contribution in [3.8, 4) is 0 Å². The molecule has 0 atom stereocenters. The van der Waals surface area contributed by atoms with Crippen molar-refractivity contribution in [3.05, 3.63) is 18.7 Å². The summed E-state index contributed by atoms with van der Waals surface area (Å²) in [6, 6.07) is 0. The molecule has 1 N–H and O–H groups in total. The molecule has 0 fully saturated rings. The molecule has 0 radical (unpaired) electrons. The molecule has 0 bridgehead atoms. The summed E-state index contributed by atoms with van der Waals surface area (Å²) >= 11 is 0. The van der Waals surface area contributed by atoms with Gasteiger partial charge in [0.2, 0.25) is 0 Å². The molecule has 0 saturated heterocycles. The van der Waals surface area contributed by atoms with Gasteiger partial charge in [0.1, 0.15) is 0 Å². The lowest BCUT2D eigenvalue weighted by atomic mass is 10.3. The molecule has 114 valence electrons. The Kier molecular flexibility index (Phi) is 10.4. The average Bonchev–Trinajstić information content (AvgIpc) is 2.63. The Bertz CT molecular complexity index is 402. The van der Waals surface area contributed by atoms with Gasteiger partial charge < -0.3 is 21.8 Å². The van der Waals surface area contributed by atoms with E-state index in [1.807, 2.05) is 24.7 Å². The maximum atomic E-state index is 9.95. The van der Waals surface area contributed by atoms with Gasteiger partial charge >= 0.3 is 7.25 Å². The second-order valence-electron chi connectivity index (χ2n) is 3.36. The fourth-order valence-corrected chi connectivity index (χ4v) is 1.31. The first-order valence-electron chi connectivity index (χ1n) is 5.20. The summed E-state index contributed by atoms with van der Waals surface area (Å²) in [7, 11) is -7.75. The lowest BCUT2D eigenvalue weighted by Crippen LogP contribution is -2.02. The number of aryl methyl sites for hydroxylation is 1. The maximum absolute atomic E-state index is 9.95. The van der Waals surface area contributed by atoms with Gasteiger partial charge in [-0.2, -0.15) is 8.42 Å². The van der Waals surface area contributed by atoms with Gasteiger partial charge in [-0.1, -0.05) is 13.3 Å². The lowest BCUT2D eigenvalue weighted by Gasteiger charge is -1.94. The van der Waals surface area contributed by atoms with Gasteiger partial charge in [-0.15, -0.1) is 0 Å². The summed E-state index contributed by atoms with van der Waals surface area (Å²) in [5.74, 6) is -0.108. The molecule has 1 aromatic heterocycles. The Labute approximate surface area is 109 Å². The molecule has 1 rings (SSSR count). The van der Waals surface area contributed by atoms with Crippen LogP contribution < -0.4 is 0 Å². The van der Waals surface area contributed by atoms with E-state index in [2.05, 4.69) is 4.98 Å². The number of unbranched alkanes of at least 4 members (excludes halogenated alkanes) is 1. The molecule has 0 saturated carbocycles. The van der Waals surface area contributed by atoms with E-state index in [9.17, 15) is 25.7 Å². The van der Waals surface area contributed by atoms with Crippen LogP contribution in [0.15, 0.2) is 18.7 Å². The van der Waals surface area contributed by atoms with Crippen molar-refractivity contribution >= 4 is 17.4 Å². The lowest BCUT2D eigenvalue weighted by molar-refractivity contribution is 0.368. The largest absolute Gasteiger partial charge is 0.673 e. The molecule has 1 aromatic rings. The first kappa shape index (κ1) is 20.2. The van der Waals surface area contributed by atoms with Crippen molar-refractivity contribution in [1.82, 2.24) is 9.55 Å². The van der Waals surface area contributed by atoms with Gasteiger partial charge in [-0.05, 0) is 6.42 Å². The second kappa shape index (κ2) is 9.79. The van der Waals surface area contributed by atoms with E-state index >= 15 is 0 Å². The normalized spacial score (nSPS) is 10.9. The maximum Gasteiger partial charge on any atom is 0.673 e. The highest BCUT2D eigenvalue weighted by molar-refractivity contribution is 7.85. The van der Waals surface area contributed by atoms with Crippen LogP contribution in [-0.2, 0) is 17.2 Å². The molecule has 1 heterocycles. The van der Waals surface area contributed by atoms with Gasteiger partial charge in [0.15, 0.2) is 0 Å². The third-order valence-electron chi connectivity index (χ3n) is 1.39. The SMILES string of the molecule is CCCCS(=O)(=O)O.Cn1ccnc1.F[B-](F)(F)F. The quantitative estimate of drug-likeness (QED) is 0.529. The van der Waals surface area contributed by atoms with Gasteiger partial charge in [-0.25, -0.2) is 4.98 Å². The van der Waals surface area contributed by atoms with E-state index < -0.39 is 17.4 Å². The van der Waals surface area contributed by atoms with Crippen molar-refractivity contribution in [2.24, 2.45) is 7.05 Å². The van der Waals surface area contributed by atoms with Gasteiger partial charge in [0.25, 0.3) is 10.1 Å². The van der Waals surface area contributed by atoms with E-state index in [0.717, 1.165) is 6.42 Å². The molecular weight excluding hydrogens is 291 g/mol. The molecular formula is C8H16BF4N2O3S-. The predicted octanol–water partition coefficient (Wildman–Crippen LogP) is 2.39.